The van der Waals surface area contributed by atoms with Crippen LogP contribution in [0.15, 0.2) is 48.7 Å². The number of rotatable bonds is 1. The molecule has 2 nitrogen and oxygen atoms in total. The van der Waals surface area contributed by atoms with E-state index in [1.807, 2.05) is 12.3 Å². The highest BCUT2D eigenvalue weighted by Crippen LogP contribution is 2.24. The molecule has 3 rings (SSSR count). The van der Waals surface area contributed by atoms with Gasteiger partial charge in [0.15, 0.2) is 0 Å². The molecule has 2 aromatic carbocycles. The molecule has 0 unspecified atom stereocenters. The Labute approximate surface area is 93.7 Å². The van der Waals surface area contributed by atoms with Crippen molar-refractivity contribution in [1.82, 2.24) is 4.98 Å². The van der Waals surface area contributed by atoms with Crippen molar-refractivity contribution in [2.24, 2.45) is 5.73 Å². The van der Waals surface area contributed by atoms with Crippen molar-refractivity contribution in [1.29, 1.82) is 0 Å². The van der Waals surface area contributed by atoms with Crippen LogP contribution in [0.5, 0.6) is 0 Å². The fourth-order valence-corrected chi connectivity index (χ4v) is 2.05. The van der Waals surface area contributed by atoms with Gasteiger partial charge in [0.25, 0.3) is 0 Å². The highest BCUT2D eigenvalue weighted by molar-refractivity contribution is 6.05. The maximum Gasteiger partial charge on any atom is 0.0780 e. The van der Waals surface area contributed by atoms with Crippen LogP contribution < -0.4 is 5.73 Å². The van der Waals surface area contributed by atoms with Crippen molar-refractivity contribution in [2.45, 2.75) is 6.54 Å². The fourth-order valence-electron chi connectivity index (χ4n) is 2.05. The Hall–Kier alpha value is -1.93. The van der Waals surface area contributed by atoms with Gasteiger partial charge in [-0.3, -0.25) is 4.98 Å². The van der Waals surface area contributed by atoms with E-state index in [4.69, 9.17) is 5.73 Å². The molecular weight excluding hydrogens is 196 g/mol. The maximum absolute atomic E-state index is 5.64. The fraction of sp³-hybridized carbons (Fsp3) is 0.0714. The summed E-state index contributed by atoms with van der Waals surface area (Å²) < 4.78 is 0. The number of nitrogens with two attached hydrogens (primary N) is 1. The van der Waals surface area contributed by atoms with E-state index in [1.165, 1.54) is 16.2 Å². The second-order valence-corrected chi connectivity index (χ2v) is 3.90. The first-order valence-electron chi connectivity index (χ1n) is 5.35. The van der Waals surface area contributed by atoms with E-state index in [0.717, 1.165) is 11.1 Å². The molecule has 0 aliphatic rings. The molecular formula is C14H12N2. The van der Waals surface area contributed by atoms with Gasteiger partial charge in [-0.05, 0) is 23.1 Å². The van der Waals surface area contributed by atoms with Crippen LogP contribution in [0.1, 0.15) is 5.56 Å². The standard InChI is InChI=1S/C14H12N2/c15-9-10-3-6-13-12(8-10)5-4-11-2-1-7-16-14(11)13/h1-8H,9,15H2. The molecule has 1 heterocycles. The van der Waals surface area contributed by atoms with Gasteiger partial charge < -0.3 is 5.73 Å². The van der Waals surface area contributed by atoms with E-state index >= 15 is 0 Å². The molecule has 0 radical (unpaired) electrons. The number of fused-ring (bicyclic) bond motifs is 3. The van der Waals surface area contributed by atoms with E-state index < -0.39 is 0 Å². The summed E-state index contributed by atoms with van der Waals surface area (Å²) in [7, 11) is 0. The Morgan fingerprint density at radius 1 is 1.00 bits per heavy atom. The van der Waals surface area contributed by atoms with E-state index in [-0.39, 0.29) is 0 Å². The molecule has 0 saturated heterocycles. The van der Waals surface area contributed by atoms with Crippen LogP contribution in [0.4, 0.5) is 0 Å². The van der Waals surface area contributed by atoms with Gasteiger partial charge >= 0.3 is 0 Å². The van der Waals surface area contributed by atoms with Crippen molar-refractivity contribution < 1.29 is 0 Å². The van der Waals surface area contributed by atoms with Crippen LogP contribution in [0.25, 0.3) is 21.7 Å². The minimum Gasteiger partial charge on any atom is -0.326 e. The Morgan fingerprint density at radius 3 is 2.75 bits per heavy atom. The van der Waals surface area contributed by atoms with Gasteiger partial charge in [0.1, 0.15) is 0 Å². The van der Waals surface area contributed by atoms with Crippen molar-refractivity contribution in [3.05, 3.63) is 54.2 Å². The average molecular weight is 208 g/mol. The van der Waals surface area contributed by atoms with Crippen LogP contribution in [0.3, 0.4) is 0 Å². The molecule has 2 heteroatoms. The van der Waals surface area contributed by atoms with Gasteiger partial charge in [-0.15, -0.1) is 0 Å². The van der Waals surface area contributed by atoms with Crippen molar-refractivity contribution in [2.75, 3.05) is 0 Å². The van der Waals surface area contributed by atoms with E-state index in [1.54, 1.807) is 0 Å². The first-order valence-corrected chi connectivity index (χ1v) is 5.35. The van der Waals surface area contributed by atoms with Gasteiger partial charge in [0.2, 0.25) is 0 Å². The summed E-state index contributed by atoms with van der Waals surface area (Å²) in [5.74, 6) is 0. The summed E-state index contributed by atoms with van der Waals surface area (Å²) in [5.41, 5.74) is 7.85. The molecule has 3 aromatic rings. The molecule has 0 spiro atoms. The molecule has 0 aliphatic carbocycles. The van der Waals surface area contributed by atoms with Crippen LogP contribution >= 0.6 is 0 Å². The van der Waals surface area contributed by atoms with Gasteiger partial charge in [0, 0.05) is 23.5 Å². The normalized spacial score (nSPS) is 11.1. The first kappa shape index (κ1) is 9.31. The molecule has 0 atom stereocenters. The zero-order valence-electron chi connectivity index (χ0n) is 8.85. The van der Waals surface area contributed by atoms with Crippen LogP contribution in [0.2, 0.25) is 0 Å². The predicted molar refractivity (Wildman–Crippen MR) is 67.1 cm³/mol. The Morgan fingerprint density at radius 2 is 1.88 bits per heavy atom. The van der Waals surface area contributed by atoms with Gasteiger partial charge in [0.05, 0.1) is 5.52 Å². The molecule has 16 heavy (non-hydrogen) atoms. The highest BCUT2D eigenvalue weighted by Gasteiger charge is 2.01. The summed E-state index contributed by atoms with van der Waals surface area (Å²) in [6.45, 7) is 0.580. The minimum atomic E-state index is 0.580. The van der Waals surface area contributed by atoms with Gasteiger partial charge in [-0.25, -0.2) is 0 Å². The summed E-state index contributed by atoms with van der Waals surface area (Å²) in [5, 5.41) is 3.57. The lowest BCUT2D eigenvalue weighted by molar-refractivity contribution is 1.08. The molecule has 78 valence electrons. The second kappa shape index (κ2) is 3.58. The smallest absolute Gasteiger partial charge is 0.0780 e. The first-order chi connectivity index (χ1) is 7.88. The third kappa shape index (κ3) is 1.35. The lowest BCUT2D eigenvalue weighted by Gasteiger charge is -2.04. The Kier molecular flexibility index (Phi) is 2.08. The van der Waals surface area contributed by atoms with E-state index in [0.29, 0.717) is 6.54 Å². The van der Waals surface area contributed by atoms with Crippen molar-refractivity contribution in [3.63, 3.8) is 0 Å². The van der Waals surface area contributed by atoms with Gasteiger partial charge in [-0.1, -0.05) is 30.3 Å². The number of hydrogen-bond donors (Lipinski definition) is 1. The predicted octanol–water partition coefficient (Wildman–Crippen LogP) is 2.85. The Bertz CT molecular complexity index is 659. The summed E-state index contributed by atoms with van der Waals surface area (Å²) in [4.78, 5) is 4.43. The number of aromatic nitrogens is 1. The van der Waals surface area contributed by atoms with Crippen LogP contribution in [-0.4, -0.2) is 4.98 Å². The van der Waals surface area contributed by atoms with E-state index in [9.17, 15) is 0 Å². The summed E-state index contributed by atoms with van der Waals surface area (Å²) >= 11 is 0. The summed E-state index contributed by atoms with van der Waals surface area (Å²) in [6.07, 6.45) is 1.83. The highest BCUT2D eigenvalue weighted by atomic mass is 14.6. The topological polar surface area (TPSA) is 38.9 Å². The summed E-state index contributed by atoms with van der Waals surface area (Å²) in [6, 6.07) is 14.6. The number of pyridine rings is 1. The zero-order chi connectivity index (χ0) is 11.0. The monoisotopic (exact) mass is 208 g/mol. The molecule has 0 aliphatic heterocycles. The lowest BCUT2D eigenvalue weighted by Crippen LogP contribution is -1.95. The number of hydrogen-bond acceptors (Lipinski definition) is 2. The maximum atomic E-state index is 5.64. The molecule has 1 aromatic heterocycles. The average Bonchev–Trinajstić information content (AvgIpc) is 2.38. The molecule has 0 fully saturated rings. The largest absolute Gasteiger partial charge is 0.326 e. The third-order valence-corrected chi connectivity index (χ3v) is 2.89. The molecule has 0 bridgehead atoms. The molecule has 0 amide bonds. The van der Waals surface area contributed by atoms with E-state index in [2.05, 4.69) is 41.4 Å². The Balaban J connectivity index is 2.43. The number of nitrogens with zero attached hydrogens (tertiary/aromatic N) is 1. The van der Waals surface area contributed by atoms with Gasteiger partial charge in [-0.2, -0.15) is 0 Å². The number of benzene rings is 2. The quantitative estimate of drug-likeness (QED) is 0.624. The van der Waals surface area contributed by atoms with Crippen molar-refractivity contribution >= 4 is 21.7 Å². The van der Waals surface area contributed by atoms with Crippen molar-refractivity contribution in [3.8, 4) is 0 Å². The third-order valence-electron chi connectivity index (χ3n) is 2.89. The zero-order valence-corrected chi connectivity index (χ0v) is 8.85. The lowest BCUT2D eigenvalue weighted by atomic mass is 10.0. The van der Waals surface area contributed by atoms with Crippen LogP contribution in [-0.2, 0) is 6.54 Å². The SMILES string of the molecule is NCc1ccc2c(ccc3cccnc32)c1. The second-order valence-electron chi connectivity index (χ2n) is 3.90. The van der Waals surface area contributed by atoms with Crippen LogP contribution in [0, 0.1) is 0 Å². The minimum absolute atomic E-state index is 0.580. The molecule has 2 N–H and O–H groups in total. The molecule has 0 saturated carbocycles.